The molecule has 0 aromatic carbocycles. The number of hydrogen-bond donors (Lipinski definition) is 1. The van der Waals surface area contributed by atoms with E-state index in [4.69, 9.17) is 18.0 Å². The SMILES string of the molecule is CCc1cc(C(=O)N(C)CC(C)C(N)=S)n(C)n1. The molecule has 6 heteroatoms. The van der Waals surface area contributed by atoms with Crippen LogP contribution in [0.15, 0.2) is 6.07 Å². The van der Waals surface area contributed by atoms with Gasteiger partial charge in [-0.05, 0) is 12.5 Å². The Labute approximate surface area is 113 Å². The molecule has 0 spiro atoms. The van der Waals surface area contributed by atoms with Gasteiger partial charge in [0.25, 0.3) is 5.91 Å². The highest BCUT2D eigenvalue weighted by Crippen LogP contribution is 2.08. The Morgan fingerprint density at radius 2 is 2.28 bits per heavy atom. The van der Waals surface area contributed by atoms with Crippen LogP contribution in [0, 0.1) is 5.92 Å². The third-order valence-corrected chi connectivity index (χ3v) is 3.29. The van der Waals surface area contributed by atoms with Gasteiger partial charge in [0, 0.05) is 26.6 Å². The first-order valence-electron chi connectivity index (χ1n) is 5.94. The van der Waals surface area contributed by atoms with Crippen LogP contribution in [0.3, 0.4) is 0 Å². The summed E-state index contributed by atoms with van der Waals surface area (Å²) in [6.45, 7) is 4.43. The quantitative estimate of drug-likeness (QED) is 0.808. The lowest BCUT2D eigenvalue weighted by Crippen LogP contribution is -2.36. The fourth-order valence-electron chi connectivity index (χ4n) is 1.68. The van der Waals surface area contributed by atoms with Gasteiger partial charge in [-0.2, -0.15) is 5.10 Å². The van der Waals surface area contributed by atoms with Crippen LogP contribution in [0.25, 0.3) is 0 Å². The van der Waals surface area contributed by atoms with E-state index in [9.17, 15) is 4.79 Å². The van der Waals surface area contributed by atoms with Gasteiger partial charge in [0.05, 0.1) is 10.7 Å². The second-order valence-corrected chi connectivity index (χ2v) is 4.96. The molecular formula is C12H20N4OS. The zero-order valence-electron chi connectivity index (χ0n) is 11.3. The van der Waals surface area contributed by atoms with Gasteiger partial charge in [-0.25, -0.2) is 0 Å². The Bertz CT molecular complexity index is 455. The van der Waals surface area contributed by atoms with Gasteiger partial charge >= 0.3 is 0 Å². The maximum Gasteiger partial charge on any atom is 0.271 e. The van der Waals surface area contributed by atoms with Gasteiger partial charge in [0.1, 0.15) is 5.69 Å². The Kier molecular flexibility index (Phi) is 4.84. The number of amides is 1. The molecule has 0 bridgehead atoms. The summed E-state index contributed by atoms with van der Waals surface area (Å²) in [5.74, 6) is -0.0550. The number of carbonyl (C=O) groups excluding carboxylic acids is 1. The van der Waals surface area contributed by atoms with Gasteiger partial charge in [0.15, 0.2) is 0 Å². The van der Waals surface area contributed by atoms with Crippen molar-refractivity contribution in [1.29, 1.82) is 0 Å². The second kappa shape index (κ2) is 5.95. The van der Waals surface area contributed by atoms with Gasteiger partial charge in [-0.15, -0.1) is 0 Å². The molecule has 0 fully saturated rings. The number of aryl methyl sites for hydroxylation is 2. The summed E-state index contributed by atoms with van der Waals surface area (Å²) >= 11 is 4.91. The molecule has 1 aromatic heterocycles. The van der Waals surface area contributed by atoms with E-state index in [0.29, 0.717) is 17.2 Å². The largest absolute Gasteiger partial charge is 0.393 e. The number of hydrogen-bond acceptors (Lipinski definition) is 3. The summed E-state index contributed by atoms with van der Waals surface area (Å²) in [6, 6.07) is 1.82. The molecule has 1 atom stereocenters. The van der Waals surface area contributed by atoms with Crippen molar-refractivity contribution in [3.63, 3.8) is 0 Å². The molecule has 0 saturated carbocycles. The first-order chi connectivity index (χ1) is 8.36. The van der Waals surface area contributed by atoms with E-state index in [1.165, 1.54) is 0 Å². The predicted molar refractivity (Wildman–Crippen MR) is 75.5 cm³/mol. The highest BCUT2D eigenvalue weighted by molar-refractivity contribution is 7.80. The zero-order chi connectivity index (χ0) is 13.9. The van der Waals surface area contributed by atoms with Crippen LogP contribution in [-0.2, 0) is 13.5 Å². The molecule has 2 N–H and O–H groups in total. The first kappa shape index (κ1) is 14.6. The zero-order valence-corrected chi connectivity index (χ0v) is 12.1. The van der Waals surface area contributed by atoms with Crippen LogP contribution in [0.1, 0.15) is 30.0 Å². The van der Waals surface area contributed by atoms with Crippen molar-refractivity contribution in [2.75, 3.05) is 13.6 Å². The fourth-order valence-corrected chi connectivity index (χ4v) is 1.75. The lowest BCUT2D eigenvalue weighted by Gasteiger charge is -2.20. The van der Waals surface area contributed by atoms with Crippen LogP contribution in [0.2, 0.25) is 0 Å². The van der Waals surface area contributed by atoms with Crippen LogP contribution in [0.5, 0.6) is 0 Å². The molecular weight excluding hydrogens is 248 g/mol. The highest BCUT2D eigenvalue weighted by Gasteiger charge is 2.19. The van der Waals surface area contributed by atoms with Crippen molar-refractivity contribution in [3.8, 4) is 0 Å². The molecule has 5 nitrogen and oxygen atoms in total. The molecule has 18 heavy (non-hydrogen) atoms. The monoisotopic (exact) mass is 268 g/mol. The fraction of sp³-hybridized carbons (Fsp3) is 0.583. The average Bonchev–Trinajstić information content (AvgIpc) is 2.69. The number of rotatable bonds is 5. The van der Waals surface area contributed by atoms with Crippen LogP contribution < -0.4 is 5.73 Å². The van der Waals surface area contributed by atoms with E-state index in [0.717, 1.165) is 12.1 Å². The average molecular weight is 268 g/mol. The minimum Gasteiger partial charge on any atom is -0.393 e. The van der Waals surface area contributed by atoms with Gasteiger partial charge in [-0.1, -0.05) is 26.1 Å². The minimum absolute atomic E-state index is 0.00724. The van der Waals surface area contributed by atoms with E-state index in [1.807, 2.05) is 19.9 Å². The topological polar surface area (TPSA) is 64.2 Å². The van der Waals surface area contributed by atoms with Gasteiger partial charge < -0.3 is 10.6 Å². The molecule has 1 rings (SSSR count). The molecule has 0 radical (unpaired) electrons. The van der Waals surface area contributed by atoms with E-state index in [-0.39, 0.29) is 11.8 Å². The molecule has 1 aromatic rings. The van der Waals surface area contributed by atoms with Crippen LogP contribution in [-0.4, -0.2) is 39.2 Å². The standard InChI is InChI=1S/C12H20N4OS/c1-5-9-6-10(16(4)14-9)12(17)15(3)7-8(2)11(13)18/h6,8H,5,7H2,1-4H3,(H2,13,18). The number of nitrogens with two attached hydrogens (primary N) is 1. The molecule has 0 saturated heterocycles. The van der Waals surface area contributed by atoms with Gasteiger partial charge in [-0.3, -0.25) is 9.48 Å². The third kappa shape index (κ3) is 3.29. The molecule has 100 valence electrons. The molecule has 0 aliphatic carbocycles. The number of thiocarbonyl (C=S) groups is 1. The lowest BCUT2D eigenvalue weighted by molar-refractivity contribution is 0.0776. The van der Waals surface area contributed by atoms with Crippen molar-refractivity contribution >= 4 is 23.1 Å². The van der Waals surface area contributed by atoms with E-state index >= 15 is 0 Å². The number of aromatic nitrogens is 2. The Morgan fingerprint density at radius 1 is 1.67 bits per heavy atom. The van der Waals surface area contributed by atoms with Crippen molar-refractivity contribution in [1.82, 2.24) is 14.7 Å². The minimum atomic E-state index is -0.0622. The molecule has 1 amide bonds. The summed E-state index contributed by atoms with van der Waals surface area (Å²) in [5, 5.41) is 4.27. The Hall–Kier alpha value is -1.43. The van der Waals surface area contributed by atoms with Crippen molar-refractivity contribution < 1.29 is 4.79 Å². The summed E-state index contributed by atoms with van der Waals surface area (Å²) < 4.78 is 1.61. The lowest BCUT2D eigenvalue weighted by atomic mass is 10.1. The normalized spacial score (nSPS) is 12.2. The number of carbonyl (C=O) groups is 1. The second-order valence-electron chi connectivity index (χ2n) is 4.49. The predicted octanol–water partition coefficient (Wildman–Crippen LogP) is 0.977. The van der Waals surface area contributed by atoms with Gasteiger partial charge in [0.2, 0.25) is 0 Å². The molecule has 1 unspecified atom stereocenters. The van der Waals surface area contributed by atoms with Crippen molar-refractivity contribution in [2.24, 2.45) is 18.7 Å². The molecule has 0 aliphatic rings. The Balaban J connectivity index is 2.79. The van der Waals surface area contributed by atoms with Crippen molar-refractivity contribution in [2.45, 2.75) is 20.3 Å². The van der Waals surface area contributed by atoms with E-state index in [2.05, 4.69) is 5.10 Å². The van der Waals surface area contributed by atoms with Crippen LogP contribution in [0.4, 0.5) is 0 Å². The van der Waals surface area contributed by atoms with Crippen molar-refractivity contribution in [3.05, 3.63) is 17.5 Å². The van der Waals surface area contributed by atoms with E-state index < -0.39 is 0 Å². The maximum atomic E-state index is 12.2. The highest BCUT2D eigenvalue weighted by atomic mass is 32.1. The molecule has 0 aliphatic heterocycles. The van der Waals surface area contributed by atoms with Crippen LogP contribution >= 0.6 is 12.2 Å². The summed E-state index contributed by atoms with van der Waals surface area (Å²) in [4.78, 5) is 14.3. The summed E-state index contributed by atoms with van der Waals surface area (Å²) in [6.07, 6.45) is 0.814. The maximum absolute atomic E-state index is 12.2. The summed E-state index contributed by atoms with van der Waals surface area (Å²) in [7, 11) is 3.52. The smallest absolute Gasteiger partial charge is 0.271 e. The third-order valence-electron chi connectivity index (χ3n) is 2.89. The Morgan fingerprint density at radius 3 is 2.72 bits per heavy atom. The first-order valence-corrected chi connectivity index (χ1v) is 6.35. The number of nitrogens with zero attached hydrogens (tertiary/aromatic N) is 3. The molecule has 1 heterocycles. The van der Waals surface area contributed by atoms with E-state index in [1.54, 1.807) is 23.7 Å². The summed E-state index contributed by atoms with van der Waals surface area (Å²) in [5.41, 5.74) is 7.06.